The summed E-state index contributed by atoms with van der Waals surface area (Å²) in [6.45, 7) is 1.51. The van der Waals surface area contributed by atoms with Crippen molar-refractivity contribution in [3.05, 3.63) is 23.8 Å². The highest BCUT2D eigenvalue weighted by Crippen LogP contribution is 2.29. The van der Waals surface area contributed by atoms with E-state index in [1.807, 2.05) is 0 Å². The van der Waals surface area contributed by atoms with Gasteiger partial charge in [0.25, 0.3) is 11.8 Å². The van der Waals surface area contributed by atoms with Crippen LogP contribution in [0.3, 0.4) is 0 Å². The Bertz CT molecular complexity index is 565. The Kier molecular flexibility index (Phi) is 3.79. The number of nitrogens with zero attached hydrogens (tertiary/aromatic N) is 1. The molecular formula is C15H18N2O4. The molecule has 3 rings (SSSR count). The van der Waals surface area contributed by atoms with Gasteiger partial charge in [-0.05, 0) is 37.0 Å². The van der Waals surface area contributed by atoms with Crippen molar-refractivity contribution in [3.8, 4) is 5.75 Å². The van der Waals surface area contributed by atoms with Gasteiger partial charge in [-0.15, -0.1) is 0 Å². The molecule has 2 heterocycles. The maximum atomic E-state index is 12.5. The Balaban J connectivity index is 1.73. The molecule has 2 N–H and O–H groups in total. The number of carbonyl (C=O) groups is 2. The van der Waals surface area contributed by atoms with Gasteiger partial charge in [-0.2, -0.15) is 0 Å². The molecular weight excluding hydrogens is 272 g/mol. The smallest absolute Gasteiger partial charge is 0.262 e. The lowest BCUT2D eigenvalue weighted by Crippen LogP contribution is -2.39. The molecule has 0 unspecified atom stereocenters. The molecule has 1 aromatic carbocycles. The van der Waals surface area contributed by atoms with Gasteiger partial charge in [0.05, 0.1) is 5.69 Å². The second-order valence-electron chi connectivity index (χ2n) is 5.47. The zero-order chi connectivity index (χ0) is 14.8. The van der Waals surface area contributed by atoms with Crippen molar-refractivity contribution >= 4 is 17.5 Å². The van der Waals surface area contributed by atoms with Crippen molar-refractivity contribution < 1.29 is 19.4 Å². The van der Waals surface area contributed by atoms with E-state index in [2.05, 4.69) is 5.32 Å². The Morgan fingerprint density at radius 2 is 2.14 bits per heavy atom. The number of anilines is 1. The average Bonchev–Trinajstić information content (AvgIpc) is 2.53. The van der Waals surface area contributed by atoms with E-state index >= 15 is 0 Å². The van der Waals surface area contributed by atoms with Gasteiger partial charge >= 0.3 is 0 Å². The zero-order valence-corrected chi connectivity index (χ0v) is 11.7. The maximum absolute atomic E-state index is 12.5. The van der Waals surface area contributed by atoms with Crippen molar-refractivity contribution in [1.29, 1.82) is 0 Å². The summed E-state index contributed by atoms with van der Waals surface area (Å²) in [6.07, 6.45) is 1.65. The van der Waals surface area contributed by atoms with E-state index in [1.54, 1.807) is 23.1 Å². The molecule has 1 aromatic rings. The van der Waals surface area contributed by atoms with E-state index in [0.29, 0.717) is 36.0 Å². The number of hydrogen-bond donors (Lipinski definition) is 2. The molecule has 0 aromatic heterocycles. The fourth-order valence-electron chi connectivity index (χ4n) is 2.72. The molecule has 21 heavy (non-hydrogen) atoms. The number of hydrogen-bond acceptors (Lipinski definition) is 4. The minimum Gasteiger partial charge on any atom is -0.482 e. The van der Waals surface area contributed by atoms with Gasteiger partial charge in [0.1, 0.15) is 5.75 Å². The van der Waals surface area contributed by atoms with Crippen LogP contribution in [0.1, 0.15) is 23.2 Å². The molecule has 112 valence electrons. The first-order valence-electron chi connectivity index (χ1n) is 7.14. The standard InChI is InChI=1S/C15H18N2O4/c18-8-10-3-5-17(6-4-10)15(20)11-1-2-13-12(7-11)16-14(19)9-21-13/h1-2,7,10,18H,3-6,8-9H2,(H,16,19). The summed E-state index contributed by atoms with van der Waals surface area (Å²) in [5.41, 5.74) is 1.09. The number of amides is 2. The van der Waals surface area contributed by atoms with Crippen LogP contribution in [0.25, 0.3) is 0 Å². The van der Waals surface area contributed by atoms with Crippen LogP contribution in [-0.2, 0) is 4.79 Å². The Morgan fingerprint density at radius 3 is 2.86 bits per heavy atom. The number of nitrogens with one attached hydrogen (secondary N) is 1. The third-order valence-electron chi connectivity index (χ3n) is 4.02. The van der Waals surface area contributed by atoms with Crippen LogP contribution in [0.2, 0.25) is 0 Å². The molecule has 2 aliphatic rings. The van der Waals surface area contributed by atoms with E-state index in [9.17, 15) is 9.59 Å². The van der Waals surface area contributed by atoms with Crippen LogP contribution in [0.5, 0.6) is 5.75 Å². The van der Waals surface area contributed by atoms with E-state index in [1.165, 1.54) is 0 Å². The lowest BCUT2D eigenvalue weighted by molar-refractivity contribution is -0.118. The van der Waals surface area contributed by atoms with E-state index < -0.39 is 0 Å². The number of rotatable bonds is 2. The molecule has 0 bridgehead atoms. The summed E-state index contributed by atoms with van der Waals surface area (Å²) in [6, 6.07) is 5.09. The largest absolute Gasteiger partial charge is 0.482 e. The summed E-state index contributed by atoms with van der Waals surface area (Å²) < 4.78 is 5.28. The van der Waals surface area contributed by atoms with Gasteiger partial charge in [-0.3, -0.25) is 9.59 Å². The monoisotopic (exact) mass is 290 g/mol. The highest BCUT2D eigenvalue weighted by Gasteiger charge is 2.24. The van der Waals surface area contributed by atoms with E-state index in [0.717, 1.165) is 12.8 Å². The number of carbonyl (C=O) groups excluding carboxylic acids is 2. The van der Waals surface area contributed by atoms with E-state index in [-0.39, 0.29) is 25.0 Å². The third kappa shape index (κ3) is 2.85. The fraction of sp³-hybridized carbons (Fsp3) is 0.467. The first kappa shape index (κ1) is 13.9. The second kappa shape index (κ2) is 5.73. The van der Waals surface area contributed by atoms with Crippen LogP contribution in [-0.4, -0.2) is 48.1 Å². The molecule has 6 nitrogen and oxygen atoms in total. The summed E-state index contributed by atoms with van der Waals surface area (Å²) in [4.78, 5) is 25.6. The quantitative estimate of drug-likeness (QED) is 0.847. The number of fused-ring (bicyclic) bond motifs is 1. The number of benzene rings is 1. The summed E-state index contributed by atoms with van der Waals surface area (Å²) in [5.74, 6) is 0.625. The average molecular weight is 290 g/mol. The minimum absolute atomic E-state index is 0.00890. The van der Waals surface area contributed by atoms with Crippen molar-refractivity contribution in [3.63, 3.8) is 0 Å². The van der Waals surface area contributed by atoms with Crippen LogP contribution in [0.15, 0.2) is 18.2 Å². The summed E-state index contributed by atoms with van der Waals surface area (Å²) in [7, 11) is 0. The summed E-state index contributed by atoms with van der Waals surface area (Å²) >= 11 is 0. The van der Waals surface area contributed by atoms with Gasteiger partial charge in [0.2, 0.25) is 0 Å². The molecule has 1 fully saturated rings. The van der Waals surface area contributed by atoms with Gasteiger partial charge in [0, 0.05) is 25.3 Å². The maximum Gasteiger partial charge on any atom is 0.262 e. The number of aliphatic hydroxyl groups excluding tert-OH is 1. The predicted molar refractivity (Wildman–Crippen MR) is 76.3 cm³/mol. The third-order valence-corrected chi connectivity index (χ3v) is 4.02. The van der Waals surface area contributed by atoms with Crippen LogP contribution in [0, 0.1) is 5.92 Å². The number of piperidine rings is 1. The molecule has 0 spiro atoms. The second-order valence-corrected chi connectivity index (χ2v) is 5.47. The molecule has 0 radical (unpaired) electrons. The Hall–Kier alpha value is -2.08. The highest BCUT2D eigenvalue weighted by molar-refractivity contribution is 5.99. The lowest BCUT2D eigenvalue weighted by atomic mass is 9.97. The van der Waals surface area contributed by atoms with Gasteiger partial charge in [0.15, 0.2) is 6.61 Å². The fourth-order valence-corrected chi connectivity index (χ4v) is 2.72. The number of ether oxygens (including phenoxy) is 1. The molecule has 2 aliphatic heterocycles. The first-order valence-corrected chi connectivity index (χ1v) is 7.14. The molecule has 0 aliphatic carbocycles. The SMILES string of the molecule is O=C1COc2ccc(C(=O)N3CCC(CO)CC3)cc2N1. The lowest BCUT2D eigenvalue weighted by Gasteiger charge is -2.31. The van der Waals surface area contributed by atoms with Crippen LogP contribution < -0.4 is 10.1 Å². The highest BCUT2D eigenvalue weighted by atomic mass is 16.5. The summed E-state index contributed by atoms with van der Waals surface area (Å²) in [5, 5.41) is 11.8. The van der Waals surface area contributed by atoms with Crippen molar-refractivity contribution in [2.45, 2.75) is 12.8 Å². The van der Waals surface area contributed by atoms with Crippen LogP contribution in [0.4, 0.5) is 5.69 Å². The van der Waals surface area contributed by atoms with Gasteiger partial charge < -0.3 is 20.1 Å². The minimum atomic E-state index is -0.212. The first-order chi connectivity index (χ1) is 10.2. The van der Waals surface area contributed by atoms with Crippen molar-refractivity contribution in [2.24, 2.45) is 5.92 Å². The van der Waals surface area contributed by atoms with Gasteiger partial charge in [-0.25, -0.2) is 0 Å². The zero-order valence-electron chi connectivity index (χ0n) is 11.7. The molecule has 0 saturated carbocycles. The van der Waals surface area contributed by atoms with Gasteiger partial charge in [-0.1, -0.05) is 0 Å². The molecule has 1 saturated heterocycles. The number of likely N-dealkylation sites (tertiary alicyclic amines) is 1. The molecule has 0 atom stereocenters. The molecule has 6 heteroatoms. The van der Waals surface area contributed by atoms with E-state index in [4.69, 9.17) is 9.84 Å². The normalized spacial score (nSPS) is 18.7. The molecule has 2 amide bonds. The topological polar surface area (TPSA) is 78.9 Å². The van der Waals surface area contributed by atoms with Crippen LogP contribution >= 0.6 is 0 Å². The Labute approximate surface area is 122 Å². The van der Waals surface area contributed by atoms with Crippen molar-refractivity contribution in [1.82, 2.24) is 4.90 Å². The van der Waals surface area contributed by atoms with Crippen molar-refractivity contribution in [2.75, 3.05) is 31.6 Å². The Morgan fingerprint density at radius 1 is 1.38 bits per heavy atom. The number of aliphatic hydroxyl groups is 1. The predicted octanol–water partition coefficient (Wildman–Crippen LogP) is 0.862.